The summed E-state index contributed by atoms with van der Waals surface area (Å²) in [6.07, 6.45) is 3.07. The third-order valence-corrected chi connectivity index (χ3v) is 3.68. The summed E-state index contributed by atoms with van der Waals surface area (Å²) in [6.45, 7) is 1.14. The Kier molecular flexibility index (Phi) is 1.88. The minimum Gasteiger partial charge on any atom is -0.289 e. The van der Waals surface area contributed by atoms with Crippen LogP contribution in [-0.4, -0.2) is 28.7 Å². The number of nitrogens with zero attached hydrogens (tertiary/aromatic N) is 2. The van der Waals surface area contributed by atoms with Crippen molar-refractivity contribution in [3.05, 3.63) is 17.5 Å². The van der Waals surface area contributed by atoms with Gasteiger partial charge in [-0.1, -0.05) is 22.6 Å². The third-order valence-electron chi connectivity index (χ3n) is 2.11. The molecule has 0 spiro atoms. The normalized spacial score (nSPS) is 25.1. The van der Waals surface area contributed by atoms with Crippen LogP contribution in [0.3, 0.4) is 0 Å². The second-order valence-corrected chi connectivity index (χ2v) is 4.06. The molecule has 0 fully saturated rings. The zero-order chi connectivity index (χ0) is 7.84. The summed E-state index contributed by atoms with van der Waals surface area (Å²) in [4.78, 5) is 2.32. The second-order valence-electron chi connectivity index (χ2n) is 2.88. The molecule has 1 aliphatic rings. The monoisotopic (exact) mass is 263 g/mol. The van der Waals surface area contributed by atoms with Crippen molar-refractivity contribution >= 4 is 22.6 Å². The lowest BCUT2D eigenvalue weighted by Gasteiger charge is -2.27. The minimum absolute atomic E-state index is 0.471. The molecule has 1 aliphatic heterocycles. The first kappa shape index (κ1) is 7.54. The number of rotatable bonds is 0. The van der Waals surface area contributed by atoms with E-state index in [1.54, 1.807) is 0 Å². The molecule has 0 aliphatic carbocycles. The number of aromatic amines is 1. The van der Waals surface area contributed by atoms with Crippen molar-refractivity contribution in [3.63, 3.8) is 0 Å². The Morgan fingerprint density at radius 1 is 1.82 bits per heavy atom. The van der Waals surface area contributed by atoms with Crippen LogP contribution in [0.15, 0.2) is 6.20 Å². The third kappa shape index (κ3) is 1.18. The molecule has 11 heavy (non-hydrogen) atoms. The first-order valence-electron chi connectivity index (χ1n) is 3.65. The Bertz CT molecular complexity index is 258. The zero-order valence-electron chi connectivity index (χ0n) is 6.34. The molecule has 1 N–H and O–H groups in total. The number of hydrogen-bond acceptors (Lipinski definition) is 2. The summed E-state index contributed by atoms with van der Waals surface area (Å²) < 4.78 is 0.471. The number of likely N-dealkylation sites (N-methyl/N-ethyl adjacent to an activating group) is 1. The highest BCUT2D eigenvalue weighted by atomic mass is 127. The van der Waals surface area contributed by atoms with Crippen LogP contribution < -0.4 is 0 Å². The van der Waals surface area contributed by atoms with Crippen LogP contribution in [0, 0.1) is 0 Å². The number of fused-ring (bicyclic) bond motifs is 1. The second kappa shape index (κ2) is 2.75. The highest BCUT2D eigenvalue weighted by Crippen LogP contribution is 2.31. The number of nitrogens with one attached hydrogen (secondary N) is 1. The van der Waals surface area contributed by atoms with Gasteiger partial charge in [-0.05, 0) is 19.0 Å². The largest absolute Gasteiger partial charge is 0.289 e. The predicted octanol–water partition coefficient (Wildman–Crippen LogP) is 1.33. The van der Waals surface area contributed by atoms with Crippen LogP contribution in [0.5, 0.6) is 0 Å². The van der Waals surface area contributed by atoms with E-state index in [4.69, 9.17) is 0 Å². The van der Waals surface area contributed by atoms with E-state index in [9.17, 15) is 0 Å². The highest BCUT2D eigenvalue weighted by Gasteiger charge is 2.23. The van der Waals surface area contributed by atoms with Gasteiger partial charge < -0.3 is 0 Å². The minimum atomic E-state index is 0.471. The standard InChI is InChI=1S/C7H10IN3/c1-11-3-2-5-4-9-10-6(5)7(11)8/h4,7H,2-3H2,1H3,(H,9,10). The number of hydrogen-bond donors (Lipinski definition) is 1. The summed E-state index contributed by atoms with van der Waals surface area (Å²) in [5, 5.41) is 7.07. The smallest absolute Gasteiger partial charge is 0.104 e. The molecule has 2 rings (SSSR count). The quantitative estimate of drug-likeness (QED) is 0.435. The summed E-state index contributed by atoms with van der Waals surface area (Å²) in [6, 6.07) is 0. The molecule has 4 heteroatoms. The Balaban J connectivity index is 2.38. The van der Waals surface area contributed by atoms with E-state index in [-0.39, 0.29) is 0 Å². The van der Waals surface area contributed by atoms with Gasteiger partial charge in [-0.3, -0.25) is 10.00 Å². The van der Waals surface area contributed by atoms with Crippen molar-refractivity contribution in [1.29, 1.82) is 0 Å². The van der Waals surface area contributed by atoms with E-state index in [0.29, 0.717) is 4.05 Å². The fourth-order valence-corrected chi connectivity index (χ4v) is 2.17. The van der Waals surface area contributed by atoms with Crippen molar-refractivity contribution in [2.75, 3.05) is 13.6 Å². The molecule has 0 saturated carbocycles. The zero-order valence-corrected chi connectivity index (χ0v) is 8.50. The molecule has 1 aromatic heterocycles. The number of aromatic nitrogens is 2. The lowest BCUT2D eigenvalue weighted by atomic mass is 10.1. The Morgan fingerprint density at radius 3 is 3.45 bits per heavy atom. The van der Waals surface area contributed by atoms with Crippen molar-refractivity contribution in [1.82, 2.24) is 15.1 Å². The molecule has 0 amide bonds. The Morgan fingerprint density at radius 2 is 2.64 bits per heavy atom. The topological polar surface area (TPSA) is 31.9 Å². The van der Waals surface area contributed by atoms with Gasteiger partial charge in [-0.25, -0.2) is 0 Å². The fourth-order valence-electron chi connectivity index (χ4n) is 1.36. The summed E-state index contributed by atoms with van der Waals surface area (Å²) in [7, 11) is 2.14. The van der Waals surface area contributed by atoms with Gasteiger partial charge in [0.15, 0.2) is 0 Å². The van der Waals surface area contributed by atoms with E-state index in [0.717, 1.165) is 13.0 Å². The summed E-state index contributed by atoms with van der Waals surface area (Å²) >= 11 is 2.43. The van der Waals surface area contributed by atoms with Gasteiger partial charge >= 0.3 is 0 Å². The maximum atomic E-state index is 4.03. The van der Waals surface area contributed by atoms with E-state index in [1.807, 2.05) is 6.20 Å². The molecular weight excluding hydrogens is 253 g/mol. The number of halogens is 1. The van der Waals surface area contributed by atoms with Crippen molar-refractivity contribution < 1.29 is 0 Å². The summed E-state index contributed by atoms with van der Waals surface area (Å²) in [5.74, 6) is 0. The van der Waals surface area contributed by atoms with Gasteiger partial charge in [-0.15, -0.1) is 0 Å². The average Bonchev–Trinajstić information content (AvgIpc) is 2.45. The molecule has 1 atom stereocenters. The molecule has 0 radical (unpaired) electrons. The molecular formula is C7H10IN3. The first-order valence-corrected chi connectivity index (χ1v) is 4.90. The Hall–Kier alpha value is -0.100. The van der Waals surface area contributed by atoms with E-state index in [2.05, 4.69) is 44.7 Å². The maximum absolute atomic E-state index is 4.03. The molecule has 1 aromatic rings. The lowest BCUT2D eigenvalue weighted by molar-refractivity contribution is 0.312. The van der Waals surface area contributed by atoms with Gasteiger partial charge in [0.1, 0.15) is 4.05 Å². The average molecular weight is 263 g/mol. The molecule has 3 nitrogen and oxygen atoms in total. The molecule has 2 heterocycles. The van der Waals surface area contributed by atoms with E-state index < -0.39 is 0 Å². The van der Waals surface area contributed by atoms with Crippen molar-refractivity contribution in [2.24, 2.45) is 0 Å². The van der Waals surface area contributed by atoms with Crippen LogP contribution in [0.1, 0.15) is 15.3 Å². The van der Waals surface area contributed by atoms with E-state index >= 15 is 0 Å². The molecule has 60 valence electrons. The van der Waals surface area contributed by atoms with Gasteiger partial charge in [0, 0.05) is 6.54 Å². The van der Waals surface area contributed by atoms with Crippen LogP contribution in [0.25, 0.3) is 0 Å². The number of H-pyrrole nitrogens is 1. The van der Waals surface area contributed by atoms with Crippen LogP contribution in [0.2, 0.25) is 0 Å². The lowest BCUT2D eigenvalue weighted by Crippen LogP contribution is -2.28. The van der Waals surface area contributed by atoms with E-state index in [1.165, 1.54) is 11.3 Å². The van der Waals surface area contributed by atoms with Gasteiger partial charge in [-0.2, -0.15) is 5.10 Å². The molecule has 0 bridgehead atoms. The summed E-state index contributed by atoms with van der Waals surface area (Å²) in [5.41, 5.74) is 2.65. The molecule has 1 unspecified atom stereocenters. The SMILES string of the molecule is CN1CCc2cn[nH]c2C1I. The van der Waals surface area contributed by atoms with Crippen molar-refractivity contribution in [3.8, 4) is 0 Å². The molecule has 0 aromatic carbocycles. The maximum Gasteiger partial charge on any atom is 0.104 e. The Labute approximate surface area is 79.3 Å². The first-order chi connectivity index (χ1) is 5.29. The highest BCUT2D eigenvalue weighted by molar-refractivity contribution is 14.1. The van der Waals surface area contributed by atoms with Crippen LogP contribution >= 0.6 is 22.6 Å². The fraction of sp³-hybridized carbons (Fsp3) is 0.571. The van der Waals surface area contributed by atoms with Gasteiger partial charge in [0.2, 0.25) is 0 Å². The predicted molar refractivity (Wildman–Crippen MR) is 51.7 cm³/mol. The van der Waals surface area contributed by atoms with Crippen LogP contribution in [-0.2, 0) is 6.42 Å². The van der Waals surface area contributed by atoms with Crippen molar-refractivity contribution in [2.45, 2.75) is 10.5 Å². The molecule has 0 saturated heterocycles. The number of alkyl halides is 1. The van der Waals surface area contributed by atoms with Gasteiger partial charge in [0.05, 0.1) is 11.9 Å². The van der Waals surface area contributed by atoms with Gasteiger partial charge in [0.25, 0.3) is 0 Å². The van der Waals surface area contributed by atoms with Crippen LogP contribution in [0.4, 0.5) is 0 Å².